The van der Waals surface area contributed by atoms with Crippen molar-refractivity contribution in [1.29, 1.82) is 0 Å². The zero-order valence-corrected chi connectivity index (χ0v) is 7.44. The zero-order valence-electron chi connectivity index (χ0n) is 7.44. The maximum Gasteiger partial charge on any atom is 0.337 e. The first-order valence-electron chi connectivity index (χ1n) is 4.01. The van der Waals surface area contributed by atoms with Gasteiger partial charge in [0.25, 0.3) is 5.56 Å². The second-order valence-corrected chi connectivity index (χ2v) is 3.03. The van der Waals surface area contributed by atoms with E-state index in [0.717, 1.165) is 0 Å². The molecule has 0 unspecified atom stereocenters. The van der Waals surface area contributed by atoms with Gasteiger partial charge in [0.2, 0.25) is 0 Å². The van der Waals surface area contributed by atoms with Gasteiger partial charge in [0.05, 0.1) is 5.56 Å². The topological polar surface area (TPSA) is 75.1 Å². The summed E-state index contributed by atoms with van der Waals surface area (Å²) in [6.45, 7) is 0. The number of aromatic nitrogens is 2. The third kappa shape index (κ3) is 1.02. The lowest BCUT2D eigenvalue weighted by atomic mass is 10.2. The number of hydrogen-bond donors (Lipinski definition) is 2. The molecule has 2 aromatic heterocycles. The summed E-state index contributed by atoms with van der Waals surface area (Å²) >= 11 is 0. The molecule has 0 saturated heterocycles. The lowest BCUT2D eigenvalue weighted by Gasteiger charge is -2.01. The van der Waals surface area contributed by atoms with E-state index in [-0.39, 0.29) is 11.1 Å². The highest BCUT2D eigenvalue weighted by Gasteiger charge is 2.12. The minimum absolute atomic E-state index is 0.128. The molecule has 72 valence electrons. The molecule has 2 rings (SSSR count). The van der Waals surface area contributed by atoms with Gasteiger partial charge >= 0.3 is 5.97 Å². The molecule has 0 fully saturated rings. The smallest absolute Gasteiger partial charge is 0.337 e. The number of aromatic carboxylic acids is 1. The molecule has 2 aromatic rings. The Labute approximate surface area is 78.6 Å². The average molecular weight is 192 g/mol. The van der Waals surface area contributed by atoms with Gasteiger partial charge in [-0.2, -0.15) is 0 Å². The van der Waals surface area contributed by atoms with Crippen LogP contribution in [0.25, 0.3) is 10.9 Å². The van der Waals surface area contributed by atoms with E-state index in [1.165, 1.54) is 17.8 Å². The summed E-state index contributed by atoms with van der Waals surface area (Å²) in [4.78, 5) is 25.1. The van der Waals surface area contributed by atoms with Gasteiger partial charge in [-0.05, 0) is 6.07 Å². The Morgan fingerprint density at radius 2 is 2.29 bits per heavy atom. The van der Waals surface area contributed by atoms with Gasteiger partial charge in [-0.15, -0.1) is 0 Å². The van der Waals surface area contributed by atoms with Crippen molar-refractivity contribution in [3.05, 3.63) is 34.4 Å². The predicted octanol–water partition coefficient (Wildman–Crippen LogP) is 0.565. The van der Waals surface area contributed by atoms with Crippen LogP contribution >= 0.6 is 0 Å². The first-order chi connectivity index (χ1) is 6.61. The van der Waals surface area contributed by atoms with Crippen molar-refractivity contribution in [3.8, 4) is 0 Å². The van der Waals surface area contributed by atoms with Gasteiger partial charge < -0.3 is 14.7 Å². The van der Waals surface area contributed by atoms with Crippen molar-refractivity contribution >= 4 is 16.9 Å². The Bertz CT molecular complexity index is 565. The Morgan fingerprint density at radius 1 is 1.57 bits per heavy atom. The number of carbonyl (C=O) groups is 1. The SMILES string of the molecule is Cn1cc(C(=O)O)c2cc[nH]c2c1=O. The van der Waals surface area contributed by atoms with Crippen molar-refractivity contribution in [3.63, 3.8) is 0 Å². The first-order valence-corrected chi connectivity index (χ1v) is 4.01. The Hall–Kier alpha value is -2.04. The fourth-order valence-electron chi connectivity index (χ4n) is 1.44. The molecule has 0 atom stereocenters. The van der Waals surface area contributed by atoms with Gasteiger partial charge in [-0.3, -0.25) is 4.79 Å². The highest BCUT2D eigenvalue weighted by atomic mass is 16.4. The largest absolute Gasteiger partial charge is 0.478 e. The summed E-state index contributed by atoms with van der Waals surface area (Å²) in [5, 5.41) is 9.33. The maximum atomic E-state index is 11.5. The van der Waals surface area contributed by atoms with Crippen molar-refractivity contribution in [2.24, 2.45) is 7.05 Å². The average Bonchev–Trinajstić information content (AvgIpc) is 2.59. The van der Waals surface area contributed by atoms with Crippen LogP contribution in [0.15, 0.2) is 23.3 Å². The van der Waals surface area contributed by atoms with Gasteiger partial charge in [-0.25, -0.2) is 4.79 Å². The van der Waals surface area contributed by atoms with Crippen LogP contribution in [0, 0.1) is 0 Å². The van der Waals surface area contributed by atoms with E-state index >= 15 is 0 Å². The summed E-state index contributed by atoms with van der Waals surface area (Å²) in [5.74, 6) is -1.04. The number of fused-ring (bicyclic) bond motifs is 1. The fraction of sp³-hybridized carbons (Fsp3) is 0.111. The molecule has 2 N–H and O–H groups in total. The molecule has 0 aliphatic carbocycles. The minimum atomic E-state index is -1.04. The number of nitrogens with one attached hydrogen (secondary N) is 1. The van der Waals surface area contributed by atoms with E-state index in [4.69, 9.17) is 5.11 Å². The Balaban J connectivity index is 2.99. The molecule has 0 spiro atoms. The third-order valence-electron chi connectivity index (χ3n) is 2.12. The summed E-state index contributed by atoms with van der Waals surface area (Å²) in [5.41, 5.74) is 0.228. The number of aryl methyl sites for hydroxylation is 1. The van der Waals surface area contributed by atoms with Crippen LogP contribution in [0.2, 0.25) is 0 Å². The van der Waals surface area contributed by atoms with E-state index in [9.17, 15) is 9.59 Å². The summed E-state index contributed by atoms with van der Waals surface area (Å²) in [6, 6.07) is 1.58. The van der Waals surface area contributed by atoms with Gasteiger partial charge in [0.15, 0.2) is 0 Å². The molecule has 2 heterocycles. The van der Waals surface area contributed by atoms with E-state index in [0.29, 0.717) is 10.9 Å². The summed E-state index contributed by atoms with van der Waals surface area (Å²) in [6.07, 6.45) is 2.87. The predicted molar refractivity (Wildman–Crippen MR) is 50.5 cm³/mol. The second kappa shape index (κ2) is 2.73. The van der Waals surface area contributed by atoms with E-state index < -0.39 is 5.97 Å². The van der Waals surface area contributed by atoms with Gasteiger partial charge in [0.1, 0.15) is 5.52 Å². The second-order valence-electron chi connectivity index (χ2n) is 3.03. The third-order valence-corrected chi connectivity index (χ3v) is 2.12. The normalized spacial score (nSPS) is 10.6. The van der Waals surface area contributed by atoms with Crippen LogP contribution < -0.4 is 5.56 Å². The van der Waals surface area contributed by atoms with Gasteiger partial charge in [-0.1, -0.05) is 0 Å². The monoisotopic (exact) mass is 192 g/mol. The number of hydrogen-bond acceptors (Lipinski definition) is 2. The Kier molecular flexibility index (Phi) is 1.67. The lowest BCUT2D eigenvalue weighted by Crippen LogP contribution is -2.18. The molecule has 0 aliphatic heterocycles. The number of nitrogens with zero attached hydrogens (tertiary/aromatic N) is 1. The lowest BCUT2D eigenvalue weighted by molar-refractivity contribution is 0.0698. The molecule has 0 aliphatic rings. The van der Waals surface area contributed by atoms with E-state index in [1.807, 2.05) is 0 Å². The highest BCUT2D eigenvalue weighted by molar-refractivity contribution is 6.02. The molecule has 0 saturated carbocycles. The summed E-state index contributed by atoms with van der Waals surface area (Å²) < 4.78 is 1.25. The van der Waals surface area contributed by atoms with E-state index in [2.05, 4.69) is 4.98 Å². The molecular weight excluding hydrogens is 184 g/mol. The van der Waals surface area contributed by atoms with Crippen molar-refractivity contribution < 1.29 is 9.90 Å². The minimum Gasteiger partial charge on any atom is -0.478 e. The van der Waals surface area contributed by atoms with Crippen LogP contribution in [0.1, 0.15) is 10.4 Å². The standard InChI is InChI=1S/C9H8N2O3/c1-11-4-6(9(13)14)5-2-3-10-7(5)8(11)12/h2-4,10H,1H3,(H,13,14). The van der Waals surface area contributed by atoms with Crippen molar-refractivity contribution in [1.82, 2.24) is 9.55 Å². The molecule has 0 radical (unpaired) electrons. The van der Waals surface area contributed by atoms with Gasteiger partial charge in [0, 0.05) is 24.8 Å². The Morgan fingerprint density at radius 3 is 2.93 bits per heavy atom. The van der Waals surface area contributed by atoms with Crippen LogP contribution in [0.3, 0.4) is 0 Å². The zero-order chi connectivity index (χ0) is 10.3. The number of aromatic amines is 1. The first kappa shape index (κ1) is 8.55. The number of carboxylic acid groups (broad SMARTS) is 1. The van der Waals surface area contributed by atoms with Crippen LogP contribution in [-0.4, -0.2) is 20.6 Å². The molecule has 0 bridgehead atoms. The molecular formula is C9H8N2O3. The number of carboxylic acids is 1. The van der Waals surface area contributed by atoms with Crippen LogP contribution in [-0.2, 0) is 7.05 Å². The number of rotatable bonds is 1. The molecule has 14 heavy (non-hydrogen) atoms. The summed E-state index contributed by atoms with van der Waals surface area (Å²) in [7, 11) is 1.52. The van der Waals surface area contributed by atoms with Crippen molar-refractivity contribution in [2.75, 3.05) is 0 Å². The molecule has 0 aromatic carbocycles. The fourth-order valence-corrected chi connectivity index (χ4v) is 1.44. The highest BCUT2D eigenvalue weighted by Crippen LogP contribution is 2.13. The van der Waals surface area contributed by atoms with Crippen molar-refractivity contribution in [2.45, 2.75) is 0 Å². The van der Waals surface area contributed by atoms with Crippen LogP contribution in [0.5, 0.6) is 0 Å². The molecule has 5 heteroatoms. The molecule has 0 amide bonds. The van der Waals surface area contributed by atoms with E-state index in [1.54, 1.807) is 12.3 Å². The molecule has 5 nitrogen and oxygen atoms in total. The number of H-pyrrole nitrogens is 1. The quantitative estimate of drug-likeness (QED) is 0.693. The maximum absolute atomic E-state index is 11.5. The number of pyridine rings is 1. The van der Waals surface area contributed by atoms with Crippen LogP contribution in [0.4, 0.5) is 0 Å².